The lowest BCUT2D eigenvalue weighted by Crippen LogP contribution is -2.41. The molecule has 6 heteroatoms. The number of carbonyl (C=O) groups excluding carboxylic acids is 1. The van der Waals surface area contributed by atoms with Crippen LogP contribution in [0.3, 0.4) is 0 Å². The Morgan fingerprint density at radius 3 is 2.81 bits per heavy atom. The average Bonchev–Trinajstić information content (AvgIpc) is 2.51. The van der Waals surface area contributed by atoms with Gasteiger partial charge in [0.15, 0.2) is 0 Å². The summed E-state index contributed by atoms with van der Waals surface area (Å²) in [5, 5.41) is 0. The van der Waals surface area contributed by atoms with E-state index in [4.69, 9.17) is 9.47 Å². The summed E-state index contributed by atoms with van der Waals surface area (Å²) in [6.45, 7) is 5.41. The molecule has 1 aliphatic rings. The van der Waals surface area contributed by atoms with Gasteiger partial charge in [-0.1, -0.05) is 0 Å². The first-order valence-electron chi connectivity index (χ1n) is 7.30. The fourth-order valence-corrected chi connectivity index (χ4v) is 2.72. The molecule has 0 aliphatic carbocycles. The van der Waals surface area contributed by atoms with Gasteiger partial charge < -0.3 is 14.4 Å². The molecule has 2 heterocycles. The molecule has 0 unspecified atom stereocenters. The molecular formula is C15H21BrN2O3. The van der Waals surface area contributed by atoms with E-state index in [1.807, 2.05) is 11.8 Å². The minimum absolute atomic E-state index is 0.0385. The molecule has 21 heavy (non-hydrogen) atoms. The van der Waals surface area contributed by atoms with E-state index in [-0.39, 0.29) is 12.0 Å². The average molecular weight is 357 g/mol. The van der Waals surface area contributed by atoms with Crippen molar-refractivity contribution in [3.8, 4) is 0 Å². The van der Waals surface area contributed by atoms with Gasteiger partial charge in [-0.2, -0.15) is 0 Å². The maximum Gasteiger partial charge on any atom is 0.255 e. The third-order valence-electron chi connectivity index (χ3n) is 3.47. The Morgan fingerprint density at radius 1 is 1.38 bits per heavy atom. The van der Waals surface area contributed by atoms with Crippen molar-refractivity contribution < 1.29 is 14.3 Å². The Balaban J connectivity index is 1.77. The summed E-state index contributed by atoms with van der Waals surface area (Å²) in [5.41, 5.74) is 0.625. The molecule has 1 fully saturated rings. The monoisotopic (exact) mass is 356 g/mol. The summed E-state index contributed by atoms with van der Waals surface area (Å²) in [6.07, 6.45) is 5.26. The molecule has 116 valence electrons. The maximum absolute atomic E-state index is 12.4. The quantitative estimate of drug-likeness (QED) is 0.734. The molecule has 0 spiro atoms. The van der Waals surface area contributed by atoms with E-state index in [1.165, 1.54) is 0 Å². The number of carbonyl (C=O) groups is 1. The lowest BCUT2D eigenvalue weighted by atomic mass is 10.1. The van der Waals surface area contributed by atoms with Crippen LogP contribution in [0.25, 0.3) is 0 Å². The van der Waals surface area contributed by atoms with Crippen molar-refractivity contribution in [2.45, 2.75) is 25.9 Å². The van der Waals surface area contributed by atoms with E-state index in [0.717, 1.165) is 37.0 Å². The van der Waals surface area contributed by atoms with Gasteiger partial charge in [0.05, 0.1) is 24.9 Å². The number of likely N-dealkylation sites (tertiary alicyclic amines) is 1. The lowest BCUT2D eigenvalue weighted by Gasteiger charge is -2.32. The van der Waals surface area contributed by atoms with Gasteiger partial charge in [-0.15, -0.1) is 0 Å². The summed E-state index contributed by atoms with van der Waals surface area (Å²) in [4.78, 5) is 18.3. The minimum atomic E-state index is 0.0385. The van der Waals surface area contributed by atoms with E-state index >= 15 is 0 Å². The molecule has 2 rings (SSSR count). The van der Waals surface area contributed by atoms with E-state index < -0.39 is 0 Å². The smallest absolute Gasteiger partial charge is 0.255 e. The molecule has 1 saturated heterocycles. The van der Waals surface area contributed by atoms with E-state index in [1.54, 1.807) is 18.5 Å². The van der Waals surface area contributed by atoms with E-state index in [2.05, 4.69) is 20.9 Å². The zero-order chi connectivity index (χ0) is 15.1. The largest absolute Gasteiger partial charge is 0.379 e. The summed E-state index contributed by atoms with van der Waals surface area (Å²) >= 11 is 3.34. The molecule has 1 aromatic rings. The first-order chi connectivity index (χ1) is 10.2. The molecule has 0 N–H and O–H groups in total. The third-order valence-corrected chi connectivity index (χ3v) is 3.90. The molecule has 0 radical (unpaired) electrons. The van der Waals surface area contributed by atoms with Gasteiger partial charge in [0, 0.05) is 36.6 Å². The summed E-state index contributed by atoms with van der Waals surface area (Å²) < 4.78 is 11.8. The maximum atomic E-state index is 12.4. The van der Waals surface area contributed by atoms with E-state index in [0.29, 0.717) is 18.8 Å². The number of halogens is 1. The van der Waals surface area contributed by atoms with Gasteiger partial charge in [0.1, 0.15) is 0 Å². The molecule has 0 aromatic carbocycles. The fraction of sp³-hybridized carbons (Fsp3) is 0.600. The first kappa shape index (κ1) is 16.4. The Morgan fingerprint density at radius 2 is 2.14 bits per heavy atom. The predicted octanol–water partition coefficient (Wildman–Crippen LogP) is 2.50. The van der Waals surface area contributed by atoms with Gasteiger partial charge in [-0.3, -0.25) is 9.78 Å². The zero-order valence-corrected chi connectivity index (χ0v) is 13.8. The molecule has 1 aromatic heterocycles. The van der Waals surface area contributed by atoms with Crippen LogP contribution in [0.1, 0.15) is 30.1 Å². The molecule has 0 atom stereocenters. The van der Waals surface area contributed by atoms with Crippen molar-refractivity contribution in [1.29, 1.82) is 0 Å². The van der Waals surface area contributed by atoms with Crippen LogP contribution in [-0.2, 0) is 9.47 Å². The summed E-state index contributed by atoms with van der Waals surface area (Å²) in [7, 11) is 0. The number of nitrogens with zero attached hydrogens (tertiary/aromatic N) is 2. The number of ether oxygens (including phenoxy) is 2. The van der Waals surface area contributed by atoms with Crippen LogP contribution >= 0.6 is 15.9 Å². The highest BCUT2D eigenvalue weighted by Crippen LogP contribution is 2.17. The second-order valence-corrected chi connectivity index (χ2v) is 5.87. The van der Waals surface area contributed by atoms with Crippen molar-refractivity contribution >= 4 is 21.8 Å². The van der Waals surface area contributed by atoms with Crippen molar-refractivity contribution in [2.75, 3.05) is 32.9 Å². The standard InChI is InChI=1S/C15H21BrN2O3/c1-2-20-7-8-21-14-3-5-18(6-4-14)15(19)12-9-13(16)11-17-10-12/h9-11,14H,2-8H2,1H3. The van der Waals surface area contributed by atoms with Gasteiger partial charge in [-0.05, 0) is 41.8 Å². The Bertz CT molecular complexity index is 462. The molecule has 0 saturated carbocycles. The number of rotatable bonds is 6. The van der Waals surface area contributed by atoms with Crippen LogP contribution in [0.4, 0.5) is 0 Å². The number of aromatic nitrogens is 1. The van der Waals surface area contributed by atoms with Crippen molar-refractivity contribution in [1.82, 2.24) is 9.88 Å². The van der Waals surface area contributed by atoms with Crippen LogP contribution < -0.4 is 0 Å². The summed E-state index contributed by atoms with van der Waals surface area (Å²) in [6, 6.07) is 1.81. The molecule has 1 amide bonds. The van der Waals surface area contributed by atoms with E-state index in [9.17, 15) is 4.79 Å². The summed E-state index contributed by atoms with van der Waals surface area (Å²) in [5.74, 6) is 0.0385. The van der Waals surface area contributed by atoms with Crippen LogP contribution in [0, 0.1) is 0 Å². The Labute approximate surface area is 133 Å². The molecule has 1 aliphatic heterocycles. The minimum Gasteiger partial charge on any atom is -0.379 e. The molecule has 5 nitrogen and oxygen atoms in total. The van der Waals surface area contributed by atoms with Gasteiger partial charge in [0.25, 0.3) is 5.91 Å². The lowest BCUT2D eigenvalue weighted by molar-refractivity contribution is -0.0182. The van der Waals surface area contributed by atoms with Gasteiger partial charge in [-0.25, -0.2) is 0 Å². The number of hydrogen-bond acceptors (Lipinski definition) is 4. The highest BCUT2D eigenvalue weighted by Gasteiger charge is 2.24. The second-order valence-electron chi connectivity index (χ2n) is 4.95. The van der Waals surface area contributed by atoms with Crippen molar-refractivity contribution in [3.05, 3.63) is 28.5 Å². The number of piperidine rings is 1. The highest BCUT2D eigenvalue weighted by molar-refractivity contribution is 9.10. The van der Waals surface area contributed by atoms with Crippen molar-refractivity contribution in [3.63, 3.8) is 0 Å². The van der Waals surface area contributed by atoms with Crippen LogP contribution in [0.5, 0.6) is 0 Å². The Hall–Kier alpha value is -0.980. The van der Waals surface area contributed by atoms with Crippen LogP contribution in [0.15, 0.2) is 22.9 Å². The molecule has 0 bridgehead atoms. The number of hydrogen-bond donors (Lipinski definition) is 0. The first-order valence-corrected chi connectivity index (χ1v) is 8.09. The van der Waals surface area contributed by atoms with Gasteiger partial charge in [0.2, 0.25) is 0 Å². The van der Waals surface area contributed by atoms with Crippen molar-refractivity contribution in [2.24, 2.45) is 0 Å². The predicted molar refractivity (Wildman–Crippen MR) is 83.3 cm³/mol. The third kappa shape index (κ3) is 5.05. The zero-order valence-electron chi connectivity index (χ0n) is 12.3. The number of pyridine rings is 1. The topological polar surface area (TPSA) is 51.7 Å². The second kappa shape index (κ2) is 8.46. The number of amides is 1. The SMILES string of the molecule is CCOCCOC1CCN(C(=O)c2cncc(Br)c2)CC1. The fourth-order valence-electron chi connectivity index (χ4n) is 2.35. The van der Waals surface area contributed by atoms with Gasteiger partial charge >= 0.3 is 0 Å². The molecular weight excluding hydrogens is 336 g/mol. The highest BCUT2D eigenvalue weighted by atomic mass is 79.9. The van der Waals surface area contributed by atoms with Crippen LogP contribution in [0.2, 0.25) is 0 Å². The Kier molecular flexibility index (Phi) is 6.60. The van der Waals surface area contributed by atoms with Crippen LogP contribution in [-0.4, -0.2) is 54.8 Å². The normalized spacial score (nSPS) is 16.2.